The van der Waals surface area contributed by atoms with Gasteiger partial charge in [-0.25, -0.2) is 0 Å². The molecule has 5 heteroatoms. The Morgan fingerprint density at radius 1 is 1.07 bits per heavy atom. The molecular formula is C25H30N2O3. The van der Waals surface area contributed by atoms with E-state index >= 15 is 0 Å². The van der Waals surface area contributed by atoms with Gasteiger partial charge in [0.2, 0.25) is 5.78 Å². The minimum atomic E-state index is -0.508. The van der Waals surface area contributed by atoms with Crippen molar-refractivity contribution in [2.24, 2.45) is 24.8 Å². The molecule has 4 aliphatic carbocycles. The summed E-state index contributed by atoms with van der Waals surface area (Å²) in [5, 5.41) is 14.1. The maximum Gasteiger partial charge on any atom is 0.268 e. The maximum atomic E-state index is 13.3. The molecule has 4 fully saturated rings. The van der Waals surface area contributed by atoms with E-state index in [4.69, 9.17) is 0 Å². The number of aryl methyl sites for hydroxylation is 2. The number of hydrogen-bond acceptors (Lipinski definition) is 3. The molecule has 2 atom stereocenters. The van der Waals surface area contributed by atoms with Crippen LogP contribution in [-0.4, -0.2) is 33.0 Å². The van der Waals surface area contributed by atoms with Gasteiger partial charge in [-0.05, 0) is 75.3 Å². The smallest absolute Gasteiger partial charge is 0.268 e. The van der Waals surface area contributed by atoms with Crippen molar-refractivity contribution in [3.8, 4) is 0 Å². The van der Waals surface area contributed by atoms with Gasteiger partial charge >= 0.3 is 0 Å². The second kappa shape index (κ2) is 6.81. The molecule has 0 radical (unpaired) electrons. The van der Waals surface area contributed by atoms with Crippen LogP contribution in [0.15, 0.2) is 30.3 Å². The summed E-state index contributed by atoms with van der Waals surface area (Å²) in [6.45, 7) is 3.88. The molecule has 0 saturated heterocycles. The third-order valence-corrected chi connectivity index (χ3v) is 7.72. The zero-order valence-corrected chi connectivity index (χ0v) is 17.9. The first-order chi connectivity index (χ1) is 14.2. The Morgan fingerprint density at radius 3 is 2.30 bits per heavy atom. The lowest BCUT2D eigenvalue weighted by atomic mass is 9.52. The van der Waals surface area contributed by atoms with Crippen molar-refractivity contribution in [2.45, 2.75) is 57.6 Å². The van der Waals surface area contributed by atoms with Crippen LogP contribution in [0.3, 0.4) is 0 Å². The minimum Gasteiger partial charge on any atom is -0.390 e. The first-order valence-electron chi connectivity index (χ1n) is 11.0. The van der Waals surface area contributed by atoms with Crippen LogP contribution in [0.1, 0.15) is 69.8 Å². The van der Waals surface area contributed by atoms with Crippen LogP contribution < -0.4 is 5.32 Å². The lowest BCUT2D eigenvalue weighted by Gasteiger charge is -2.58. The Morgan fingerprint density at radius 2 is 1.70 bits per heavy atom. The number of hydrogen-bond donors (Lipinski definition) is 2. The van der Waals surface area contributed by atoms with Gasteiger partial charge in [0.15, 0.2) is 0 Å². The normalized spacial score (nSPS) is 31.7. The molecule has 158 valence electrons. The molecule has 4 aliphatic rings. The van der Waals surface area contributed by atoms with Crippen LogP contribution >= 0.6 is 0 Å². The number of carbonyl (C=O) groups is 2. The molecule has 2 unspecified atom stereocenters. The van der Waals surface area contributed by atoms with Gasteiger partial charge < -0.3 is 15.0 Å². The summed E-state index contributed by atoms with van der Waals surface area (Å²) in [6.07, 6.45) is 4.74. The lowest BCUT2D eigenvalue weighted by Crippen LogP contribution is -2.61. The number of nitrogens with zero attached hydrogens (tertiary/aromatic N) is 1. The van der Waals surface area contributed by atoms with Crippen LogP contribution in [0.2, 0.25) is 0 Å². The summed E-state index contributed by atoms with van der Waals surface area (Å²) < 4.78 is 1.73. The van der Waals surface area contributed by atoms with Crippen LogP contribution in [0.25, 0.3) is 0 Å². The van der Waals surface area contributed by atoms with Crippen LogP contribution in [-0.2, 0) is 7.05 Å². The fourth-order valence-corrected chi connectivity index (χ4v) is 6.59. The van der Waals surface area contributed by atoms with E-state index in [1.54, 1.807) is 11.6 Å². The highest BCUT2D eigenvalue weighted by atomic mass is 16.3. The molecule has 1 aromatic carbocycles. The highest BCUT2D eigenvalue weighted by Gasteiger charge is 2.55. The Kier molecular flexibility index (Phi) is 4.44. The van der Waals surface area contributed by atoms with E-state index in [2.05, 4.69) is 5.32 Å². The van der Waals surface area contributed by atoms with Crippen molar-refractivity contribution < 1.29 is 14.7 Å². The number of aliphatic hydroxyl groups is 1. The maximum absolute atomic E-state index is 13.3. The van der Waals surface area contributed by atoms with Crippen molar-refractivity contribution in [1.29, 1.82) is 0 Å². The Balaban J connectivity index is 1.38. The van der Waals surface area contributed by atoms with Gasteiger partial charge in [-0.3, -0.25) is 9.59 Å². The quantitative estimate of drug-likeness (QED) is 0.763. The molecule has 6 rings (SSSR count). The minimum absolute atomic E-state index is 0.0727. The van der Waals surface area contributed by atoms with Gasteiger partial charge in [0, 0.05) is 18.7 Å². The molecule has 2 N–H and O–H groups in total. The van der Waals surface area contributed by atoms with Crippen LogP contribution in [0.5, 0.6) is 0 Å². The van der Waals surface area contributed by atoms with Crippen LogP contribution in [0.4, 0.5) is 0 Å². The van der Waals surface area contributed by atoms with Crippen molar-refractivity contribution in [1.82, 2.24) is 9.88 Å². The largest absolute Gasteiger partial charge is 0.390 e. The van der Waals surface area contributed by atoms with E-state index in [0.29, 0.717) is 34.7 Å². The van der Waals surface area contributed by atoms with E-state index in [1.165, 1.54) is 0 Å². The van der Waals surface area contributed by atoms with Crippen molar-refractivity contribution >= 4 is 11.7 Å². The zero-order valence-electron chi connectivity index (χ0n) is 17.9. The molecular weight excluding hydrogens is 376 g/mol. The van der Waals surface area contributed by atoms with E-state index in [-0.39, 0.29) is 17.7 Å². The van der Waals surface area contributed by atoms with Gasteiger partial charge in [-0.2, -0.15) is 0 Å². The fourth-order valence-electron chi connectivity index (χ4n) is 6.59. The van der Waals surface area contributed by atoms with Gasteiger partial charge in [0.25, 0.3) is 5.91 Å². The summed E-state index contributed by atoms with van der Waals surface area (Å²) in [6, 6.07) is 9.46. The predicted molar refractivity (Wildman–Crippen MR) is 115 cm³/mol. The first-order valence-corrected chi connectivity index (χ1v) is 11.0. The molecule has 4 bridgehead atoms. The number of rotatable bonds is 4. The van der Waals surface area contributed by atoms with Crippen molar-refractivity contribution in [3.63, 3.8) is 0 Å². The SMILES string of the molecule is Cc1ccc(C(=O)c2cc(C)c(C(=O)NC3C4CC5CC3CC(O)(C5)C4)n2C)cc1. The predicted octanol–water partition coefficient (Wildman–Crippen LogP) is 3.54. The van der Waals surface area contributed by atoms with Gasteiger partial charge in [0.05, 0.1) is 11.3 Å². The molecule has 5 nitrogen and oxygen atoms in total. The van der Waals surface area contributed by atoms with E-state index in [9.17, 15) is 14.7 Å². The van der Waals surface area contributed by atoms with Crippen molar-refractivity contribution in [2.75, 3.05) is 0 Å². The number of nitrogens with one attached hydrogen (secondary N) is 1. The molecule has 1 aromatic heterocycles. The second-order valence-electron chi connectivity index (χ2n) is 10.0. The summed E-state index contributed by atoms with van der Waals surface area (Å²) >= 11 is 0. The molecule has 4 saturated carbocycles. The van der Waals surface area contributed by atoms with E-state index < -0.39 is 5.60 Å². The molecule has 1 amide bonds. The third-order valence-electron chi connectivity index (χ3n) is 7.72. The summed E-state index contributed by atoms with van der Waals surface area (Å²) in [5.74, 6) is 1.15. The number of carbonyl (C=O) groups excluding carboxylic acids is 2. The molecule has 0 spiro atoms. The molecule has 2 aromatic rings. The number of ketones is 1. The summed E-state index contributed by atoms with van der Waals surface area (Å²) in [5.41, 5.74) is 3.12. The average molecular weight is 407 g/mol. The lowest BCUT2D eigenvalue weighted by molar-refractivity contribution is -0.137. The second-order valence-corrected chi connectivity index (χ2v) is 10.0. The summed E-state index contributed by atoms with van der Waals surface area (Å²) in [4.78, 5) is 26.3. The molecule has 1 heterocycles. The van der Waals surface area contributed by atoms with Gasteiger partial charge in [0.1, 0.15) is 5.69 Å². The topological polar surface area (TPSA) is 71.3 Å². The third kappa shape index (κ3) is 3.11. The molecule has 30 heavy (non-hydrogen) atoms. The van der Waals surface area contributed by atoms with Gasteiger partial charge in [-0.1, -0.05) is 29.8 Å². The Hall–Kier alpha value is -2.40. The number of benzene rings is 1. The highest BCUT2D eigenvalue weighted by Crippen LogP contribution is 2.55. The number of aromatic nitrogens is 1. The fraction of sp³-hybridized carbons (Fsp3) is 0.520. The Bertz CT molecular complexity index is 1000. The van der Waals surface area contributed by atoms with E-state index in [1.807, 2.05) is 44.2 Å². The highest BCUT2D eigenvalue weighted by molar-refractivity contribution is 6.09. The zero-order chi connectivity index (χ0) is 21.2. The summed E-state index contributed by atoms with van der Waals surface area (Å²) in [7, 11) is 1.79. The van der Waals surface area contributed by atoms with E-state index in [0.717, 1.165) is 43.2 Å². The standard InChI is InChI=1S/C25H30N2O3/c1-14-4-6-17(7-5-14)23(28)20-8-15(2)22(27(20)3)24(29)26-21-18-9-16-10-19(21)13-25(30,11-16)12-18/h4-8,16,18-19,21,30H,9-13H2,1-3H3,(H,26,29). The Labute approximate surface area is 177 Å². The van der Waals surface area contributed by atoms with Crippen LogP contribution in [0, 0.1) is 31.6 Å². The number of amides is 1. The monoisotopic (exact) mass is 406 g/mol. The average Bonchev–Trinajstić information content (AvgIpc) is 2.97. The first kappa shape index (κ1) is 19.6. The molecule has 0 aliphatic heterocycles. The van der Waals surface area contributed by atoms with Crippen molar-refractivity contribution in [3.05, 3.63) is 58.4 Å². The van der Waals surface area contributed by atoms with Gasteiger partial charge in [-0.15, -0.1) is 0 Å².